The smallest absolute Gasteiger partial charge is 0.0928 e. The molecule has 0 aromatic carbocycles. The SMILES string of the molecule is CCC(CC)n1ccc(CC(NC)c2csnn2)n1. The molecule has 0 aliphatic heterocycles. The van der Waals surface area contributed by atoms with Crippen molar-refractivity contribution in [2.75, 3.05) is 7.05 Å². The second-order valence-electron chi connectivity index (χ2n) is 4.63. The number of likely N-dealkylation sites (N-methyl/N-ethyl adjacent to an activating group) is 1. The predicted molar refractivity (Wildman–Crippen MR) is 77.3 cm³/mol. The molecule has 0 bridgehead atoms. The molecule has 0 amide bonds. The van der Waals surface area contributed by atoms with E-state index in [0.717, 1.165) is 30.7 Å². The number of rotatable bonds is 7. The van der Waals surface area contributed by atoms with Gasteiger partial charge in [0.2, 0.25) is 0 Å². The lowest BCUT2D eigenvalue weighted by atomic mass is 10.1. The minimum atomic E-state index is 0.184. The Labute approximate surface area is 118 Å². The molecular formula is C13H21N5S. The third-order valence-corrected chi connectivity index (χ3v) is 4.00. The molecule has 1 atom stereocenters. The van der Waals surface area contributed by atoms with Gasteiger partial charge in [0, 0.05) is 18.0 Å². The molecule has 0 fully saturated rings. The van der Waals surface area contributed by atoms with Crippen molar-refractivity contribution in [2.45, 2.75) is 45.2 Å². The van der Waals surface area contributed by atoms with Gasteiger partial charge in [0.25, 0.3) is 0 Å². The Morgan fingerprint density at radius 3 is 2.74 bits per heavy atom. The summed E-state index contributed by atoms with van der Waals surface area (Å²) in [5, 5.41) is 14.1. The zero-order chi connectivity index (χ0) is 13.7. The van der Waals surface area contributed by atoms with Gasteiger partial charge in [-0.1, -0.05) is 18.3 Å². The standard InChI is InChI=1S/C13H21N5S/c1-4-11(5-2)18-7-6-10(16-18)8-12(14-3)13-9-19-17-15-13/h6-7,9,11-12,14H,4-5,8H2,1-3H3. The van der Waals surface area contributed by atoms with Crippen LogP contribution in [0.25, 0.3) is 0 Å². The van der Waals surface area contributed by atoms with E-state index in [1.54, 1.807) is 0 Å². The average Bonchev–Trinajstić information content (AvgIpc) is 3.09. The molecule has 2 heterocycles. The van der Waals surface area contributed by atoms with Crippen LogP contribution in [0.5, 0.6) is 0 Å². The van der Waals surface area contributed by atoms with Gasteiger partial charge in [0.1, 0.15) is 0 Å². The zero-order valence-corrected chi connectivity index (χ0v) is 12.5. The highest BCUT2D eigenvalue weighted by molar-refractivity contribution is 7.03. The second-order valence-corrected chi connectivity index (χ2v) is 5.24. The van der Waals surface area contributed by atoms with Crippen LogP contribution in [0.15, 0.2) is 17.6 Å². The monoisotopic (exact) mass is 279 g/mol. The van der Waals surface area contributed by atoms with Gasteiger partial charge in [-0.2, -0.15) is 5.10 Å². The van der Waals surface area contributed by atoms with Crippen molar-refractivity contribution < 1.29 is 0 Å². The lowest BCUT2D eigenvalue weighted by molar-refractivity contribution is 0.423. The molecule has 0 saturated carbocycles. The molecule has 104 valence electrons. The van der Waals surface area contributed by atoms with Crippen molar-refractivity contribution >= 4 is 11.5 Å². The van der Waals surface area contributed by atoms with Crippen LogP contribution >= 0.6 is 11.5 Å². The van der Waals surface area contributed by atoms with Crippen LogP contribution in [0, 0.1) is 0 Å². The Hall–Kier alpha value is -1.27. The maximum atomic E-state index is 4.68. The zero-order valence-electron chi connectivity index (χ0n) is 11.7. The van der Waals surface area contributed by atoms with E-state index in [1.165, 1.54) is 11.5 Å². The van der Waals surface area contributed by atoms with Crippen molar-refractivity contribution in [1.82, 2.24) is 24.7 Å². The summed E-state index contributed by atoms with van der Waals surface area (Å²) in [6.45, 7) is 4.40. The lowest BCUT2D eigenvalue weighted by Crippen LogP contribution is -2.19. The van der Waals surface area contributed by atoms with E-state index in [9.17, 15) is 0 Å². The lowest BCUT2D eigenvalue weighted by Gasteiger charge is -2.13. The van der Waals surface area contributed by atoms with Gasteiger partial charge in [-0.05, 0) is 37.5 Å². The van der Waals surface area contributed by atoms with Gasteiger partial charge in [0.05, 0.1) is 23.5 Å². The van der Waals surface area contributed by atoms with E-state index < -0.39 is 0 Å². The summed E-state index contributed by atoms with van der Waals surface area (Å²) in [7, 11) is 1.95. The molecular weight excluding hydrogens is 258 g/mol. The van der Waals surface area contributed by atoms with Crippen LogP contribution in [0.4, 0.5) is 0 Å². The van der Waals surface area contributed by atoms with Crippen molar-refractivity contribution in [2.24, 2.45) is 0 Å². The Balaban J connectivity index is 2.06. The molecule has 0 spiro atoms. The van der Waals surface area contributed by atoms with Crippen LogP contribution in [-0.2, 0) is 6.42 Å². The highest BCUT2D eigenvalue weighted by Crippen LogP contribution is 2.18. The Morgan fingerprint density at radius 1 is 1.37 bits per heavy atom. The summed E-state index contributed by atoms with van der Waals surface area (Å²) in [4.78, 5) is 0. The van der Waals surface area contributed by atoms with Crippen molar-refractivity contribution in [3.8, 4) is 0 Å². The number of hydrogen-bond donors (Lipinski definition) is 1. The van der Waals surface area contributed by atoms with Gasteiger partial charge in [-0.3, -0.25) is 4.68 Å². The van der Waals surface area contributed by atoms with E-state index in [1.807, 2.05) is 12.4 Å². The Bertz CT molecular complexity index is 475. The van der Waals surface area contributed by atoms with Crippen molar-refractivity contribution in [1.29, 1.82) is 0 Å². The van der Waals surface area contributed by atoms with Crippen molar-refractivity contribution in [3.63, 3.8) is 0 Å². The molecule has 2 aromatic heterocycles. The molecule has 2 rings (SSSR count). The van der Waals surface area contributed by atoms with Crippen LogP contribution in [0.2, 0.25) is 0 Å². The van der Waals surface area contributed by atoms with E-state index >= 15 is 0 Å². The largest absolute Gasteiger partial charge is 0.311 e. The highest BCUT2D eigenvalue weighted by atomic mass is 32.1. The first kappa shape index (κ1) is 14.1. The van der Waals surface area contributed by atoms with Gasteiger partial charge in [-0.15, -0.1) is 5.10 Å². The molecule has 0 aliphatic rings. The summed E-state index contributed by atoms with van der Waals surface area (Å²) in [6, 6.07) is 2.79. The Kier molecular flexibility index (Phi) is 5.04. The molecule has 6 heteroatoms. The van der Waals surface area contributed by atoms with Gasteiger partial charge in [0.15, 0.2) is 0 Å². The van der Waals surface area contributed by atoms with Gasteiger partial charge in [-0.25, -0.2) is 0 Å². The molecule has 2 aromatic rings. The number of nitrogens with one attached hydrogen (secondary N) is 1. The minimum Gasteiger partial charge on any atom is -0.311 e. The highest BCUT2D eigenvalue weighted by Gasteiger charge is 2.15. The molecule has 1 unspecified atom stereocenters. The summed E-state index contributed by atoms with van der Waals surface area (Å²) in [5.41, 5.74) is 2.09. The van der Waals surface area contributed by atoms with Crippen LogP contribution < -0.4 is 5.32 Å². The summed E-state index contributed by atoms with van der Waals surface area (Å²) in [6.07, 6.45) is 5.15. The molecule has 5 nitrogen and oxygen atoms in total. The minimum absolute atomic E-state index is 0.184. The molecule has 19 heavy (non-hydrogen) atoms. The van der Waals surface area contributed by atoms with Crippen LogP contribution in [0.1, 0.15) is 50.2 Å². The number of nitrogens with zero attached hydrogens (tertiary/aromatic N) is 4. The van der Waals surface area contributed by atoms with Crippen LogP contribution in [0.3, 0.4) is 0 Å². The van der Waals surface area contributed by atoms with E-state index in [4.69, 9.17) is 0 Å². The van der Waals surface area contributed by atoms with Crippen molar-refractivity contribution in [3.05, 3.63) is 29.0 Å². The summed E-state index contributed by atoms with van der Waals surface area (Å²) in [5.74, 6) is 0. The third-order valence-electron chi connectivity index (χ3n) is 3.48. The van der Waals surface area contributed by atoms with Crippen LogP contribution in [-0.4, -0.2) is 26.4 Å². The number of hydrogen-bond acceptors (Lipinski definition) is 5. The fourth-order valence-electron chi connectivity index (χ4n) is 2.24. The first-order valence-electron chi connectivity index (χ1n) is 6.76. The van der Waals surface area contributed by atoms with Gasteiger partial charge < -0.3 is 5.32 Å². The van der Waals surface area contributed by atoms with E-state index in [0.29, 0.717) is 6.04 Å². The first-order chi connectivity index (χ1) is 9.28. The third kappa shape index (κ3) is 3.39. The maximum Gasteiger partial charge on any atom is 0.0928 e. The van der Waals surface area contributed by atoms with Gasteiger partial charge >= 0.3 is 0 Å². The molecule has 1 N–H and O–H groups in total. The Morgan fingerprint density at radius 2 is 2.16 bits per heavy atom. The summed E-state index contributed by atoms with van der Waals surface area (Å²) >= 11 is 1.38. The average molecular weight is 279 g/mol. The predicted octanol–water partition coefficient (Wildman–Crippen LogP) is 2.60. The fraction of sp³-hybridized carbons (Fsp3) is 0.615. The summed E-state index contributed by atoms with van der Waals surface area (Å²) < 4.78 is 6.00. The molecule has 0 aliphatic carbocycles. The molecule has 0 saturated heterocycles. The first-order valence-corrected chi connectivity index (χ1v) is 7.60. The molecule has 0 radical (unpaired) electrons. The van der Waals surface area contributed by atoms with E-state index in [-0.39, 0.29) is 6.04 Å². The maximum absolute atomic E-state index is 4.68. The number of aromatic nitrogens is 4. The second kappa shape index (κ2) is 6.77. The van der Waals surface area contributed by atoms with E-state index in [2.05, 4.69) is 50.8 Å². The fourth-order valence-corrected chi connectivity index (χ4v) is 2.75. The topological polar surface area (TPSA) is 55.6 Å². The normalized spacial score (nSPS) is 13.1. The quantitative estimate of drug-likeness (QED) is 0.846.